The summed E-state index contributed by atoms with van der Waals surface area (Å²) >= 11 is 0. The first-order valence-corrected chi connectivity index (χ1v) is 9.82. The topological polar surface area (TPSA) is 73.0 Å². The van der Waals surface area contributed by atoms with Crippen LogP contribution in [0.25, 0.3) is 0 Å². The molecule has 0 bridgehead atoms. The molecule has 2 heterocycles. The first-order valence-electron chi connectivity index (χ1n) is 9.82. The minimum Gasteiger partial charge on any atom is -0.342 e. The Bertz CT molecular complexity index is 531. The zero-order valence-electron chi connectivity index (χ0n) is 16.9. The molecule has 0 aromatic rings. The number of carbonyl (C=O) groups excluding carboxylic acids is 3. The molecule has 0 radical (unpaired) electrons. The average Bonchev–Trinajstić information content (AvgIpc) is 2.98. The molecule has 0 aromatic carbocycles. The van der Waals surface area contributed by atoms with Gasteiger partial charge in [-0.2, -0.15) is 0 Å². The van der Waals surface area contributed by atoms with Gasteiger partial charge in [-0.3, -0.25) is 9.59 Å². The lowest BCUT2D eigenvalue weighted by Crippen LogP contribution is -2.51. The highest BCUT2D eigenvalue weighted by molar-refractivity contribution is 5.89. The van der Waals surface area contributed by atoms with Gasteiger partial charge >= 0.3 is 6.03 Å². The number of rotatable bonds is 4. The summed E-state index contributed by atoms with van der Waals surface area (Å²) in [6.07, 6.45) is 1.85. The van der Waals surface area contributed by atoms with Crippen LogP contribution < -0.4 is 5.32 Å². The number of nitrogens with one attached hydrogen (secondary N) is 1. The van der Waals surface area contributed by atoms with Crippen molar-refractivity contribution < 1.29 is 14.4 Å². The molecule has 26 heavy (non-hydrogen) atoms. The van der Waals surface area contributed by atoms with E-state index in [0.717, 1.165) is 12.8 Å². The van der Waals surface area contributed by atoms with Crippen molar-refractivity contribution in [1.82, 2.24) is 20.0 Å². The monoisotopic (exact) mass is 366 g/mol. The summed E-state index contributed by atoms with van der Waals surface area (Å²) in [5.74, 6) is -0.0839. The number of amides is 4. The Kier molecular flexibility index (Phi) is 6.53. The highest BCUT2D eigenvalue weighted by Crippen LogP contribution is 2.27. The first-order chi connectivity index (χ1) is 12.2. The van der Waals surface area contributed by atoms with Crippen molar-refractivity contribution in [3.8, 4) is 0 Å². The second-order valence-electron chi connectivity index (χ2n) is 8.30. The predicted octanol–water partition coefficient (Wildman–Crippen LogP) is 1.68. The van der Waals surface area contributed by atoms with E-state index in [4.69, 9.17) is 0 Å². The molecule has 1 N–H and O–H groups in total. The molecule has 7 heteroatoms. The predicted molar refractivity (Wildman–Crippen MR) is 101 cm³/mol. The van der Waals surface area contributed by atoms with Crippen LogP contribution in [0.2, 0.25) is 0 Å². The fraction of sp³-hybridized carbons (Fsp3) is 0.842. The summed E-state index contributed by atoms with van der Waals surface area (Å²) in [4.78, 5) is 42.6. The zero-order chi connectivity index (χ0) is 19.5. The number of carbonyl (C=O) groups is 3. The van der Waals surface area contributed by atoms with E-state index in [1.54, 1.807) is 4.90 Å². The highest BCUT2D eigenvalue weighted by atomic mass is 16.2. The lowest BCUT2D eigenvalue weighted by atomic mass is 10.0. The summed E-state index contributed by atoms with van der Waals surface area (Å²) in [6, 6.07) is 0.0884. The lowest BCUT2D eigenvalue weighted by molar-refractivity contribution is -0.136. The Morgan fingerprint density at radius 1 is 1.15 bits per heavy atom. The Morgan fingerprint density at radius 3 is 2.19 bits per heavy atom. The Balaban J connectivity index is 1.84. The van der Waals surface area contributed by atoms with Gasteiger partial charge in [0.1, 0.15) is 0 Å². The van der Waals surface area contributed by atoms with Crippen LogP contribution in [0.4, 0.5) is 4.79 Å². The third-order valence-electron chi connectivity index (χ3n) is 5.47. The van der Waals surface area contributed by atoms with Gasteiger partial charge in [0.2, 0.25) is 11.8 Å². The molecule has 2 rings (SSSR count). The number of hydrogen-bond acceptors (Lipinski definition) is 3. The maximum atomic E-state index is 12.8. The molecule has 2 aliphatic rings. The van der Waals surface area contributed by atoms with E-state index < -0.39 is 0 Å². The number of likely N-dealkylation sites (tertiary alicyclic amines) is 2. The minimum atomic E-state index is -0.242. The van der Waals surface area contributed by atoms with E-state index in [0.29, 0.717) is 39.1 Å². The van der Waals surface area contributed by atoms with Crippen molar-refractivity contribution in [2.75, 3.05) is 32.7 Å². The smallest absolute Gasteiger partial charge is 0.317 e. The molecule has 2 fully saturated rings. The van der Waals surface area contributed by atoms with Crippen LogP contribution in [-0.2, 0) is 9.59 Å². The highest BCUT2D eigenvalue weighted by Gasteiger charge is 2.41. The van der Waals surface area contributed by atoms with Crippen LogP contribution in [0.1, 0.15) is 53.9 Å². The van der Waals surface area contributed by atoms with Gasteiger partial charge in [0.15, 0.2) is 0 Å². The fourth-order valence-electron chi connectivity index (χ4n) is 3.80. The molecule has 1 atom stereocenters. The van der Waals surface area contributed by atoms with Crippen molar-refractivity contribution in [3.05, 3.63) is 0 Å². The van der Waals surface area contributed by atoms with E-state index >= 15 is 0 Å². The van der Waals surface area contributed by atoms with E-state index in [1.807, 2.05) is 44.4 Å². The van der Waals surface area contributed by atoms with Crippen molar-refractivity contribution >= 4 is 17.8 Å². The molecule has 2 saturated heterocycles. The molecule has 7 nitrogen and oxygen atoms in total. The Morgan fingerprint density at radius 2 is 1.73 bits per heavy atom. The van der Waals surface area contributed by atoms with Crippen LogP contribution in [-0.4, -0.2) is 76.8 Å². The third-order valence-corrected chi connectivity index (χ3v) is 5.47. The number of hydrogen-bond donors (Lipinski definition) is 1. The second-order valence-corrected chi connectivity index (χ2v) is 8.30. The number of piperidine rings is 1. The quantitative estimate of drug-likeness (QED) is 0.823. The lowest BCUT2D eigenvalue weighted by Gasteiger charge is -2.35. The van der Waals surface area contributed by atoms with Crippen LogP contribution >= 0.6 is 0 Å². The van der Waals surface area contributed by atoms with Crippen LogP contribution in [0.5, 0.6) is 0 Å². The van der Waals surface area contributed by atoms with E-state index in [1.165, 1.54) is 0 Å². The maximum Gasteiger partial charge on any atom is 0.317 e. The largest absolute Gasteiger partial charge is 0.342 e. The van der Waals surface area contributed by atoms with Crippen molar-refractivity contribution in [3.63, 3.8) is 0 Å². The molecule has 4 amide bonds. The van der Waals surface area contributed by atoms with Gasteiger partial charge < -0.3 is 20.0 Å². The Hall–Kier alpha value is -1.79. The standard InChI is InChI=1S/C19H34N4O3/c1-6-21(7-2)18(26)20-15-8-10-22(11-9-15)17(25)14-12-16(24)23(13-14)19(3,4)5/h14-15H,6-13H2,1-5H3,(H,20,26)/t14-/m0/s1. The second kappa shape index (κ2) is 8.27. The van der Waals surface area contributed by atoms with Crippen molar-refractivity contribution in [1.29, 1.82) is 0 Å². The molecule has 2 aliphatic heterocycles. The Labute approximate surface area is 157 Å². The summed E-state index contributed by atoms with van der Waals surface area (Å²) in [6.45, 7) is 13.1. The van der Waals surface area contributed by atoms with Gasteiger partial charge in [0.05, 0.1) is 5.92 Å². The van der Waals surface area contributed by atoms with E-state index in [2.05, 4.69) is 5.32 Å². The summed E-state index contributed by atoms with van der Waals surface area (Å²) < 4.78 is 0. The molecule has 0 aliphatic carbocycles. The van der Waals surface area contributed by atoms with Gasteiger partial charge in [-0.15, -0.1) is 0 Å². The van der Waals surface area contributed by atoms with Crippen molar-refractivity contribution in [2.45, 2.75) is 65.5 Å². The number of urea groups is 1. The SMILES string of the molecule is CCN(CC)C(=O)NC1CCN(C(=O)[C@H]2CC(=O)N(C(C)(C)C)C2)CC1. The van der Waals surface area contributed by atoms with E-state index in [9.17, 15) is 14.4 Å². The summed E-state index contributed by atoms with van der Waals surface area (Å²) in [5, 5.41) is 3.07. The van der Waals surface area contributed by atoms with E-state index in [-0.39, 0.29) is 35.3 Å². The van der Waals surface area contributed by atoms with Gasteiger partial charge in [-0.1, -0.05) is 0 Å². The third kappa shape index (κ3) is 4.68. The van der Waals surface area contributed by atoms with Crippen LogP contribution in [0.15, 0.2) is 0 Å². The molecular weight excluding hydrogens is 332 g/mol. The van der Waals surface area contributed by atoms with Gasteiger partial charge in [-0.05, 0) is 47.5 Å². The summed E-state index contributed by atoms with van der Waals surface area (Å²) in [5.41, 5.74) is -0.242. The first kappa shape index (κ1) is 20.5. The summed E-state index contributed by atoms with van der Waals surface area (Å²) in [7, 11) is 0. The fourth-order valence-corrected chi connectivity index (χ4v) is 3.80. The van der Waals surface area contributed by atoms with Crippen molar-refractivity contribution in [2.24, 2.45) is 5.92 Å². The molecular formula is C19H34N4O3. The normalized spacial score (nSPS) is 21.9. The maximum absolute atomic E-state index is 12.8. The molecule has 0 saturated carbocycles. The average molecular weight is 367 g/mol. The molecule has 0 spiro atoms. The van der Waals surface area contributed by atoms with Gasteiger partial charge in [0, 0.05) is 50.7 Å². The van der Waals surface area contributed by atoms with Gasteiger partial charge in [0.25, 0.3) is 0 Å². The minimum absolute atomic E-state index is 0.0259. The molecule has 148 valence electrons. The molecule has 0 aromatic heterocycles. The molecule has 0 unspecified atom stereocenters. The van der Waals surface area contributed by atoms with Gasteiger partial charge in [-0.25, -0.2) is 4.79 Å². The number of nitrogens with zero attached hydrogens (tertiary/aromatic N) is 3. The van der Waals surface area contributed by atoms with Crippen LogP contribution in [0.3, 0.4) is 0 Å². The zero-order valence-corrected chi connectivity index (χ0v) is 16.9. The van der Waals surface area contributed by atoms with Crippen LogP contribution in [0, 0.1) is 5.92 Å².